The Kier molecular flexibility index (Phi) is 6.73. The average Bonchev–Trinajstić information content (AvgIpc) is 3.84. The summed E-state index contributed by atoms with van der Waals surface area (Å²) < 4.78 is 8.85. The van der Waals surface area contributed by atoms with E-state index in [1.54, 1.807) is 11.3 Å². The van der Waals surface area contributed by atoms with Crippen molar-refractivity contribution in [1.82, 2.24) is 19.9 Å². The van der Waals surface area contributed by atoms with Gasteiger partial charge in [-0.15, -0.1) is 11.3 Å². The lowest BCUT2D eigenvalue weighted by atomic mass is 9.95. The van der Waals surface area contributed by atoms with Gasteiger partial charge in [0.25, 0.3) is 0 Å². The van der Waals surface area contributed by atoms with Crippen LogP contribution in [0.5, 0.6) is 0 Å². The van der Waals surface area contributed by atoms with E-state index in [0.29, 0.717) is 17.5 Å². The number of furan rings is 1. The van der Waals surface area contributed by atoms with Crippen molar-refractivity contribution in [2.24, 2.45) is 0 Å². The fraction of sp³-hybridized carbons (Fsp3) is 0. The summed E-state index contributed by atoms with van der Waals surface area (Å²) in [6, 6.07) is 59.1. The number of fused-ring (bicyclic) bond motifs is 11. The van der Waals surface area contributed by atoms with Crippen LogP contribution in [0.2, 0.25) is 0 Å². The van der Waals surface area contributed by atoms with Crippen LogP contribution in [0.4, 0.5) is 0 Å². The summed E-state index contributed by atoms with van der Waals surface area (Å²) in [6.07, 6.45) is 0. The van der Waals surface area contributed by atoms with Gasteiger partial charge >= 0.3 is 0 Å². The maximum Gasteiger partial charge on any atom is 0.164 e. The fourth-order valence-electron chi connectivity index (χ4n) is 8.31. The zero-order valence-electron chi connectivity index (χ0n) is 29.8. The Balaban J connectivity index is 1.12. The molecular formula is C50H28N4OS. The highest BCUT2D eigenvalue weighted by molar-refractivity contribution is 7.25. The molecule has 0 aliphatic carbocycles. The summed E-state index contributed by atoms with van der Waals surface area (Å²) in [6.45, 7) is 0. The molecule has 0 unspecified atom stereocenters. The Morgan fingerprint density at radius 3 is 1.91 bits per heavy atom. The third-order valence-corrected chi connectivity index (χ3v) is 12.0. The molecule has 0 bridgehead atoms. The van der Waals surface area contributed by atoms with Crippen molar-refractivity contribution in [1.29, 1.82) is 0 Å². The van der Waals surface area contributed by atoms with Gasteiger partial charge in [-0.2, -0.15) is 0 Å². The number of rotatable bonds is 4. The lowest BCUT2D eigenvalue weighted by Crippen LogP contribution is -2.01. The van der Waals surface area contributed by atoms with Gasteiger partial charge in [0.15, 0.2) is 17.5 Å². The van der Waals surface area contributed by atoms with Gasteiger partial charge in [-0.25, -0.2) is 19.9 Å². The molecule has 6 heteroatoms. The summed E-state index contributed by atoms with van der Waals surface area (Å²) in [4.78, 5) is 21.0. The summed E-state index contributed by atoms with van der Waals surface area (Å²) in [5, 5.41) is 10.1. The normalized spacial score (nSPS) is 11.9. The highest BCUT2D eigenvalue weighted by atomic mass is 32.1. The predicted molar refractivity (Wildman–Crippen MR) is 232 cm³/mol. The molecule has 0 atom stereocenters. The van der Waals surface area contributed by atoms with E-state index < -0.39 is 0 Å². The number of hydrogen-bond donors (Lipinski definition) is 0. The monoisotopic (exact) mass is 732 g/mol. The molecule has 260 valence electrons. The standard InChI is InChI=1S/C50H28N4OS/c1-2-12-30(13-3-1)47-39-25-26-42-46(38-17-6-8-19-41(38)55-42)45(39)37-24-22-31(27-40(37)51-47)48-52-49(32-21-23-35-34-16-7-9-20-43(34)56-44(35)28-32)54-50(53-48)36-18-10-14-29-11-4-5-15-33(29)36/h1-28H. The Hall–Kier alpha value is -7.28. The largest absolute Gasteiger partial charge is 0.456 e. The molecule has 0 spiro atoms. The number of pyridine rings is 1. The van der Waals surface area contributed by atoms with Crippen LogP contribution in [-0.2, 0) is 0 Å². The summed E-state index contributed by atoms with van der Waals surface area (Å²) in [5.74, 6) is 1.84. The van der Waals surface area contributed by atoms with Crippen LogP contribution >= 0.6 is 11.3 Å². The van der Waals surface area contributed by atoms with Crippen LogP contribution in [0, 0.1) is 0 Å². The maximum absolute atomic E-state index is 6.39. The summed E-state index contributed by atoms with van der Waals surface area (Å²) in [5.41, 5.74) is 7.31. The van der Waals surface area contributed by atoms with E-state index in [4.69, 9.17) is 24.4 Å². The highest BCUT2D eigenvalue weighted by Crippen LogP contribution is 2.42. The smallest absolute Gasteiger partial charge is 0.164 e. The number of nitrogens with zero attached hydrogens (tertiary/aromatic N) is 4. The molecule has 12 aromatic rings. The first-order valence-electron chi connectivity index (χ1n) is 18.6. The first kappa shape index (κ1) is 31.1. The number of thiophene rings is 1. The zero-order chi connectivity index (χ0) is 36.7. The van der Waals surface area contributed by atoms with Crippen LogP contribution in [-0.4, -0.2) is 19.9 Å². The molecular weight excluding hydrogens is 705 g/mol. The van der Waals surface area contributed by atoms with Crippen molar-refractivity contribution in [3.63, 3.8) is 0 Å². The SMILES string of the molecule is c1ccc(-c2nc3cc(-c4nc(-c5ccc6c(c5)sc5ccccc56)nc(-c5cccc6ccccc56)n4)ccc3c3c2ccc2oc4ccccc4c23)cc1. The molecule has 0 amide bonds. The average molecular weight is 733 g/mol. The molecule has 0 aliphatic heterocycles. The number of hydrogen-bond acceptors (Lipinski definition) is 6. The van der Waals surface area contributed by atoms with Crippen LogP contribution in [0.3, 0.4) is 0 Å². The van der Waals surface area contributed by atoms with Gasteiger partial charge in [-0.1, -0.05) is 133 Å². The Morgan fingerprint density at radius 1 is 0.375 bits per heavy atom. The quantitative estimate of drug-likeness (QED) is 0.169. The van der Waals surface area contributed by atoms with Gasteiger partial charge in [-0.05, 0) is 47.2 Å². The fourth-order valence-corrected chi connectivity index (χ4v) is 9.45. The van der Waals surface area contributed by atoms with E-state index in [9.17, 15) is 0 Å². The van der Waals surface area contributed by atoms with E-state index in [1.165, 1.54) is 20.2 Å². The first-order chi connectivity index (χ1) is 27.7. The Labute approximate surface area is 324 Å². The van der Waals surface area contributed by atoms with Crippen molar-refractivity contribution < 1.29 is 4.42 Å². The minimum absolute atomic E-state index is 0.589. The molecule has 0 saturated carbocycles. The number of benzene rings is 8. The van der Waals surface area contributed by atoms with Gasteiger partial charge < -0.3 is 4.42 Å². The van der Waals surface area contributed by atoms with Crippen molar-refractivity contribution in [2.75, 3.05) is 0 Å². The molecule has 0 aliphatic rings. The van der Waals surface area contributed by atoms with Crippen LogP contribution < -0.4 is 0 Å². The van der Waals surface area contributed by atoms with E-state index >= 15 is 0 Å². The van der Waals surface area contributed by atoms with Crippen LogP contribution in [0.15, 0.2) is 174 Å². The lowest BCUT2D eigenvalue weighted by Gasteiger charge is -2.13. The second-order valence-electron chi connectivity index (χ2n) is 14.2. The van der Waals surface area contributed by atoms with Gasteiger partial charge in [-0.3, -0.25) is 0 Å². The third kappa shape index (κ3) is 4.79. The maximum atomic E-state index is 6.39. The number of aromatic nitrogens is 4. The Morgan fingerprint density at radius 2 is 1.04 bits per heavy atom. The molecule has 56 heavy (non-hydrogen) atoms. The van der Waals surface area contributed by atoms with Crippen molar-refractivity contribution >= 4 is 85.9 Å². The van der Waals surface area contributed by atoms with E-state index in [2.05, 4.69) is 152 Å². The Bertz CT molecular complexity index is 3550. The first-order valence-corrected chi connectivity index (χ1v) is 19.4. The molecule has 0 fully saturated rings. The van der Waals surface area contributed by atoms with Gasteiger partial charge in [0.05, 0.1) is 11.2 Å². The van der Waals surface area contributed by atoms with Crippen molar-refractivity contribution in [3.8, 4) is 45.4 Å². The van der Waals surface area contributed by atoms with Crippen molar-refractivity contribution in [3.05, 3.63) is 170 Å². The van der Waals surface area contributed by atoms with Crippen LogP contribution in [0.25, 0.3) is 120 Å². The zero-order valence-corrected chi connectivity index (χ0v) is 30.6. The molecule has 0 saturated heterocycles. The predicted octanol–water partition coefficient (Wildman–Crippen LogP) is 13.7. The molecule has 5 nitrogen and oxygen atoms in total. The van der Waals surface area contributed by atoms with E-state index in [0.717, 1.165) is 82.3 Å². The summed E-state index contributed by atoms with van der Waals surface area (Å²) >= 11 is 1.79. The van der Waals surface area contributed by atoms with Gasteiger partial charge in [0.1, 0.15) is 11.2 Å². The van der Waals surface area contributed by atoms with E-state index in [1.807, 2.05) is 18.2 Å². The lowest BCUT2D eigenvalue weighted by molar-refractivity contribution is 0.669. The molecule has 12 rings (SSSR count). The molecule has 4 aromatic heterocycles. The minimum Gasteiger partial charge on any atom is -0.456 e. The third-order valence-electron chi connectivity index (χ3n) is 10.9. The van der Waals surface area contributed by atoms with Crippen molar-refractivity contribution in [2.45, 2.75) is 0 Å². The second kappa shape index (κ2) is 12.1. The second-order valence-corrected chi connectivity index (χ2v) is 15.2. The molecule has 8 aromatic carbocycles. The van der Waals surface area contributed by atoms with Gasteiger partial charge in [0.2, 0.25) is 0 Å². The molecule has 0 N–H and O–H groups in total. The molecule has 0 radical (unpaired) electrons. The highest BCUT2D eigenvalue weighted by Gasteiger charge is 2.20. The minimum atomic E-state index is 0.589. The molecule has 4 heterocycles. The van der Waals surface area contributed by atoms with Crippen LogP contribution in [0.1, 0.15) is 0 Å². The van der Waals surface area contributed by atoms with E-state index in [-0.39, 0.29) is 0 Å². The topological polar surface area (TPSA) is 64.7 Å². The van der Waals surface area contributed by atoms with Gasteiger partial charge in [0, 0.05) is 69.4 Å². The summed E-state index contributed by atoms with van der Waals surface area (Å²) in [7, 11) is 0. The number of para-hydroxylation sites is 1.